The van der Waals surface area contributed by atoms with E-state index in [4.69, 9.17) is 4.74 Å². The number of aromatic nitrogens is 2. The zero-order valence-electron chi connectivity index (χ0n) is 12.6. The van der Waals surface area contributed by atoms with Crippen molar-refractivity contribution >= 4 is 5.97 Å². The van der Waals surface area contributed by atoms with Gasteiger partial charge in [0.25, 0.3) is 0 Å². The van der Waals surface area contributed by atoms with Gasteiger partial charge in [0.1, 0.15) is 6.54 Å². The molecule has 1 saturated heterocycles. The number of piperidine rings is 1. The van der Waals surface area contributed by atoms with Crippen LogP contribution in [0.25, 0.3) is 0 Å². The normalized spacial score (nSPS) is 25.7. The Morgan fingerprint density at radius 2 is 2.32 bits per heavy atom. The van der Waals surface area contributed by atoms with Gasteiger partial charge in [-0.3, -0.25) is 9.48 Å². The van der Waals surface area contributed by atoms with E-state index in [1.807, 2.05) is 0 Å². The summed E-state index contributed by atoms with van der Waals surface area (Å²) in [6.45, 7) is 2.91. The quantitative estimate of drug-likeness (QED) is 0.867. The smallest absolute Gasteiger partial charge is 0.327 e. The molecule has 1 aliphatic carbocycles. The Morgan fingerprint density at radius 1 is 1.55 bits per heavy atom. The number of hydrogen-bond donors (Lipinski definition) is 1. The van der Waals surface area contributed by atoms with E-state index in [9.17, 15) is 13.6 Å². The average molecular weight is 313 g/mol. The van der Waals surface area contributed by atoms with E-state index in [2.05, 4.69) is 10.4 Å². The summed E-state index contributed by atoms with van der Waals surface area (Å²) in [4.78, 5) is 11.4. The third kappa shape index (κ3) is 3.14. The third-order valence-corrected chi connectivity index (χ3v) is 4.60. The van der Waals surface area contributed by atoms with Crippen LogP contribution in [0.2, 0.25) is 0 Å². The first kappa shape index (κ1) is 15.4. The summed E-state index contributed by atoms with van der Waals surface area (Å²) >= 11 is 0. The molecule has 22 heavy (non-hydrogen) atoms. The number of esters is 1. The SMILES string of the molecule is CCOC(=O)Cn1cc([C@H]2CC3(CCN2)CC(F)(F)C3)cn1. The second kappa shape index (κ2) is 5.61. The molecule has 1 aliphatic heterocycles. The minimum absolute atomic E-state index is 0.00482. The lowest BCUT2D eigenvalue weighted by molar-refractivity contribution is -0.174. The van der Waals surface area contributed by atoms with Gasteiger partial charge in [-0.1, -0.05) is 0 Å². The molecule has 0 amide bonds. The minimum Gasteiger partial charge on any atom is -0.465 e. The molecule has 0 unspecified atom stereocenters. The zero-order chi connectivity index (χ0) is 15.8. The van der Waals surface area contributed by atoms with Crippen molar-refractivity contribution in [3.63, 3.8) is 0 Å². The second-order valence-corrected chi connectivity index (χ2v) is 6.45. The Labute approximate surface area is 128 Å². The maximum Gasteiger partial charge on any atom is 0.327 e. The topological polar surface area (TPSA) is 56.1 Å². The molecule has 2 heterocycles. The predicted molar refractivity (Wildman–Crippen MR) is 75.5 cm³/mol. The molecule has 5 nitrogen and oxygen atoms in total. The van der Waals surface area contributed by atoms with E-state index >= 15 is 0 Å². The third-order valence-electron chi connectivity index (χ3n) is 4.60. The Bertz CT molecular complexity index is 551. The van der Waals surface area contributed by atoms with Crippen molar-refractivity contribution in [2.45, 2.75) is 51.1 Å². The van der Waals surface area contributed by atoms with Gasteiger partial charge in [0.2, 0.25) is 5.92 Å². The molecule has 0 radical (unpaired) electrons. The van der Waals surface area contributed by atoms with Crippen LogP contribution in [0.15, 0.2) is 12.4 Å². The van der Waals surface area contributed by atoms with Gasteiger partial charge in [-0.05, 0) is 31.7 Å². The molecule has 7 heteroatoms. The predicted octanol–water partition coefficient (Wildman–Crippen LogP) is 2.29. The number of rotatable bonds is 4. The van der Waals surface area contributed by atoms with E-state index in [0.29, 0.717) is 13.0 Å². The van der Waals surface area contributed by atoms with Crippen molar-refractivity contribution in [1.82, 2.24) is 15.1 Å². The highest BCUT2D eigenvalue weighted by Gasteiger charge is 2.57. The molecule has 1 aromatic rings. The summed E-state index contributed by atoms with van der Waals surface area (Å²) in [5.41, 5.74) is 0.710. The fourth-order valence-corrected chi connectivity index (χ4v) is 3.71. The molecule has 0 bridgehead atoms. The fraction of sp³-hybridized carbons (Fsp3) is 0.733. The first-order chi connectivity index (χ1) is 10.4. The molecule has 2 fully saturated rings. The highest BCUT2D eigenvalue weighted by atomic mass is 19.3. The van der Waals surface area contributed by atoms with E-state index in [-0.39, 0.29) is 36.8 Å². The van der Waals surface area contributed by atoms with Crippen molar-refractivity contribution in [3.05, 3.63) is 18.0 Å². The molecule has 1 aromatic heterocycles. The number of hydrogen-bond acceptors (Lipinski definition) is 4. The van der Waals surface area contributed by atoms with Crippen LogP contribution in [0.5, 0.6) is 0 Å². The standard InChI is InChI=1S/C15H21F2N3O2/c1-2-22-13(21)8-20-7-11(6-19-20)12-5-14(3-4-18-12)9-15(16,17)10-14/h6-7,12,18H,2-5,8-10H2,1H3/t12-/m1/s1. The lowest BCUT2D eigenvalue weighted by atomic mass is 9.59. The summed E-state index contributed by atoms with van der Waals surface area (Å²) in [6.07, 6.45) is 4.99. The van der Waals surface area contributed by atoms with Crippen LogP contribution in [0.1, 0.15) is 44.2 Å². The van der Waals surface area contributed by atoms with Crippen molar-refractivity contribution in [1.29, 1.82) is 0 Å². The van der Waals surface area contributed by atoms with Gasteiger partial charge in [0, 0.05) is 30.6 Å². The van der Waals surface area contributed by atoms with Crippen molar-refractivity contribution < 1.29 is 18.3 Å². The van der Waals surface area contributed by atoms with E-state index in [1.165, 1.54) is 4.68 Å². The molecule has 1 atom stereocenters. The molecule has 122 valence electrons. The Kier molecular flexibility index (Phi) is 3.92. The lowest BCUT2D eigenvalue weighted by Gasteiger charge is -2.51. The number of nitrogens with one attached hydrogen (secondary N) is 1. The first-order valence-corrected chi connectivity index (χ1v) is 7.71. The number of nitrogens with zero attached hydrogens (tertiary/aromatic N) is 2. The Balaban J connectivity index is 1.62. The zero-order valence-corrected chi connectivity index (χ0v) is 12.6. The van der Waals surface area contributed by atoms with Gasteiger partial charge < -0.3 is 10.1 Å². The number of ether oxygens (including phenoxy) is 1. The van der Waals surface area contributed by atoms with Gasteiger partial charge in [-0.2, -0.15) is 5.10 Å². The molecular weight excluding hydrogens is 292 g/mol. The molecule has 0 aromatic carbocycles. The molecular formula is C15H21F2N3O2. The fourth-order valence-electron chi connectivity index (χ4n) is 3.71. The summed E-state index contributed by atoms with van der Waals surface area (Å²) in [5.74, 6) is -2.82. The van der Waals surface area contributed by atoms with Crippen LogP contribution in [0.4, 0.5) is 8.78 Å². The van der Waals surface area contributed by atoms with Crippen molar-refractivity contribution in [2.75, 3.05) is 13.2 Å². The van der Waals surface area contributed by atoms with E-state index < -0.39 is 5.92 Å². The van der Waals surface area contributed by atoms with Gasteiger partial charge >= 0.3 is 5.97 Å². The average Bonchev–Trinajstić information content (AvgIpc) is 2.85. The first-order valence-electron chi connectivity index (χ1n) is 7.71. The van der Waals surface area contributed by atoms with Crippen molar-refractivity contribution in [3.8, 4) is 0 Å². The van der Waals surface area contributed by atoms with Crippen LogP contribution >= 0.6 is 0 Å². The van der Waals surface area contributed by atoms with Crippen LogP contribution in [0.3, 0.4) is 0 Å². The van der Waals surface area contributed by atoms with Crippen LogP contribution in [-0.4, -0.2) is 34.8 Å². The number of carbonyl (C=O) groups is 1. The minimum atomic E-state index is -2.49. The lowest BCUT2D eigenvalue weighted by Crippen LogP contribution is -2.52. The number of halogens is 2. The number of alkyl halides is 2. The number of carbonyl (C=O) groups excluding carboxylic acids is 1. The van der Waals surface area contributed by atoms with Gasteiger partial charge in [0.05, 0.1) is 12.8 Å². The van der Waals surface area contributed by atoms with E-state index in [1.54, 1.807) is 19.3 Å². The largest absolute Gasteiger partial charge is 0.465 e. The van der Waals surface area contributed by atoms with Gasteiger partial charge in [-0.25, -0.2) is 8.78 Å². The maximum atomic E-state index is 13.2. The summed E-state index contributed by atoms with van der Waals surface area (Å²) in [6, 6.07) is 0.0285. The highest BCUT2D eigenvalue weighted by Crippen LogP contribution is 2.58. The summed E-state index contributed by atoms with van der Waals surface area (Å²) in [5, 5.41) is 7.53. The highest BCUT2D eigenvalue weighted by molar-refractivity contribution is 5.68. The summed E-state index contributed by atoms with van der Waals surface area (Å²) < 4.78 is 32.9. The molecule has 2 aliphatic rings. The molecule has 3 rings (SSSR count). The molecule has 1 spiro atoms. The Hall–Kier alpha value is -1.50. The van der Waals surface area contributed by atoms with E-state index in [0.717, 1.165) is 18.5 Å². The van der Waals surface area contributed by atoms with Gasteiger partial charge in [-0.15, -0.1) is 0 Å². The second-order valence-electron chi connectivity index (χ2n) is 6.45. The maximum absolute atomic E-state index is 13.2. The van der Waals surface area contributed by atoms with Crippen LogP contribution in [-0.2, 0) is 16.1 Å². The Morgan fingerprint density at radius 3 is 3.00 bits per heavy atom. The van der Waals surface area contributed by atoms with Crippen molar-refractivity contribution in [2.24, 2.45) is 5.41 Å². The van der Waals surface area contributed by atoms with Crippen LogP contribution < -0.4 is 5.32 Å². The molecule has 1 N–H and O–H groups in total. The van der Waals surface area contributed by atoms with Crippen LogP contribution in [0, 0.1) is 5.41 Å². The monoisotopic (exact) mass is 313 g/mol. The summed E-state index contributed by atoms with van der Waals surface area (Å²) in [7, 11) is 0. The molecule has 1 saturated carbocycles. The van der Waals surface area contributed by atoms with Gasteiger partial charge in [0.15, 0.2) is 0 Å².